The normalized spacial score (nSPS) is 20.7. The maximum Gasteiger partial charge on any atom is 0.188 e. The largest absolute Gasteiger partial charge is 0.355 e. The van der Waals surface area contributed by atoms with Crippen molar-refractivity contribution in [3.05, 3.63) is 141 Å². The third-order valence-electron chi connectivity index (χ3n) is 12.8. The van der Waals surface area contributed by atoms with Gasteiger partial charge in [-0.2, -0.15) is 0 Å². The molecule has 1 nitrogen and oxygen atoms in total. The van der Waals surface area contributed by atoms with E-state index in [4.69, 9.17) is 0 Å². The van der Waals surface area contributed by atoms with Gasteiger partial charge in [0.05, 0.1) is 0 Å². The minimum atomic E-state index is -0.126. The van der Waals surface area contributed by atoms with Crippen molar-refractivity contribution in [3.8, 4) is 0 Å². The van der Waals surface area contributed by atoms with Gasteiger partial charge in [0.25, 0.3) is 0 Å². The number of hydrogen-bond donors (Lipinski definition) is 1. The van der Waals surface area contributed by atoms with Crippen LogP contribution in [0.1, 0.15) is 148 Å². The van der Waals surface area contributed by atoms with E-state index in [2.05, 4.69) is 180 Å². The molecule has 3 aromatic carbocycles. The lowest BCUT2D eigenvalue weighted by Crippen LogP contribution is -2.33. The number of nitrogens with one attached hydrogen (secondary N) is 1. The minimum Gasteiger partial charge on any atom is -0.355 e. The molecular weight excluding hydrogens is 637 g/mol. The Balaban J connectivity index is 1.62. The number of benzene rings is 3. The van der Waals surface area contributed by atoms with Gasteiger partial charge in [0.15, 0.2) is 7.28 Å². The van der Waals surface area contributed by atoms with Gasteiger partial charge in [-0.1, -0.05) is 151 Å². The van der Waals surface area contributed by atoms with E-state index < -0.39 is 0 Å². The first-order valence-corrected chi connectivity index (χ1v) is 20.5. The molecular formula is C51H68BN. The Morgan fingerprint density at radius 2 is 1.64 bits per heavy atom. The highest BCUT2D eigenvalue weighted by molar-refractivity contribution is 6.63. The van der Waals surface area contributed by atoms with E-state index in [1.165, 1.54) is 97.2 Å². The van der Waals surface area contributed by atoms with Gasteiger partial charge >= 0.3 is 0 Å². The van der Waals surface area contributed by atoms with Crippen LogP contribution < -0.4 is 10.8 Å². The third kappa shape index (κ3) is 8.80. The van der Waals surface area contributed by atoms with Crippen LogP contribution in [0.3, 0.4) is 0 Å². The molecule has 0 saturated carbocycles. The summed E-state index contributed by atoms with van der Waals surface area (Å²) in [6.07, 6.45) is 18.9. The first kappa shape index (κ1) is 40.4. The van der Waals surface area contributed by atoms with Crippen molar-refractivity contribution < 1.29 is 0 Å². The first-order valence-electron chi connectivity index (χ1n) is 20.5. The Morgan fingerprint density at radius 3 is 2.34 bits per heavy atom. The molecule has 0 heterocycles. The Kier molecular flexibility index (Phi) is 12.4. The predicted molar refractivity (Wildman–Crippen MR) is 238 cm³/mol. The van der Waals surface area contributed by atoms with Crippen LogP contribution >= 0.6 is 0 Å². The molecule has 2 aliphatic carbocycles. The van der Waals surface area contributed by atoms with Gasteiger partial charge in [0.2, 0.25) is 0 Å². The second-order valence-electron chi connectivity index (χ2n) is 18.2. The summed E-state index contributed by atoms with van der Waals surface area (Å²) in [5.74, 6) is 0.424. The van der Waals surface area contributed by atoms with Gasteiger partial charge in [-0.3, -0.25) is 0 Å². The van der Waals surface area contributed by atoms with Crippen LogP contribution in [0, 0.1) is 19.8 Å². The second-order valence-corrected chi connectivity index (χ2v) is 18.2. The summed E-state index contributed by atoms with van der Waals surface area (Å²) in [6.45, 7) is 30.6. The van der Waals surface area contributed by atoms with Crippen LogP contribution in [0.5, 0.6) is 0 Å². The van der Waals surface area contributed by atoms with Crippen molar-refractivity contribution in [2.45, 2.75) is 145 Å². The SMILES string of the molecule is CC=C/C(=C(/Bc1cccc(C(C)(C)C2=C(\C)C=CCCC\C(C)=C\2)c1C)C(C)CC)c1ccc(C)cc1Nc1ccc2c(c1)C(C)(C)CCC2(C)C. The molecule has 0 fully saturated rings. The molecule has 0 bridgehead atoms. The summed E-state index contributed by atoms with van der Waals surface area (Å²) in [7, 11) is 0.923. The number of hydrogen-bond acceptors (Lipinski definition) is 1. The molecule has 0 amide bonds. The van der Waals surface area contributed by atoms with Crippen LogP contribution in [0.4, 0.5) is 11.4 Å². The zero-order valence-corrected chi connectivity index (χ0v) is 35.6. The molecule has 2 aliphatic rings. The molecule has 280 valence electrons. The fraction of sp³-hybridized carbons (Fsp3) is 0.451. The van der Waals surface area contributed by atoms with Gasteiger partial charge in [0.1, 0.15) is 0 Å². The molecule has 2 heteroatoms. The molecule has 0 spiro atoms. The lowest BCUT2D eigenvalue weighted by atomic mass is 9.55. The van der Waals surface area contributed by atoms with E-state index in [1.54, 1.807) is 0 Å². The number of anilines is 2. The second kappa shape index (κ2) is 16.3. The molecule has 1 atom stereocenters. The van der Waals surface area contributed by atoms with Crippen molar-refractivity contribution in [2.24, 2.45) is 5.92 Å². The monoisotopic (exact) mass is 706 g/mol. The van der Waals surface area contributed by atoms with E-state index in [1.807, 2.05) is 0 Å². The highest BCUT2D eigenvalue weighted by Crippen LogP contribution is 2.47. The first-order chi connectivity index (χ1) is 25.0. The van der Waals surface area contributed by atoms with Crippen molar-refractivity contribution in [2.75, 3.05) is 5.32 Å². The van der Waals surface area contributed by atoms with E-state index in [0.29, 0.717) is 5.92 Å². The van der Waals surface area contributed by atoms with Crippen LogP contribution in [-0.2, 0) is 16.2 Å². The molecule has 3 aromatic rings. The summed E-state index contributed by atoms with van der Waals surface area (Å²) in [4.78, 5) is 0. The van der Waals surface area contributed by atoms with Crippen molar-refractivity contribution in [3.63, 3.8) is 0 Å². The quantitative estimate of drug-likeness (QED) is 0.164. The van der Waals surface area contributed by atoms with Gasteiger partial charge in [-0.25, -0.2) is 0 Å². The summed E-state index contributed by atoms with van der Waals surface area (Å²) in [5.41, 5.74) is 19.5. The number of fused-ring (bicyclic) bond motifs is 1. The van der Waals surface area contributed by atoms with Crippen LogP contribution in [0.2, 0.25) is 0 Å². The Hall–Kier alpha value is -3.78. The zero-order chi connectivity index (χ0) is 38.7. The molecule has 0 saturated heterocycles. The molecule has 0 aromatic heterocycles. The number of aryl methyl sites for hydroxylation is 1. The van der Waals surface area contributed by atoms with Crippen LogP contribution in [0.25, 0.3) is 5.57 Å². The summed E-state index contributed by atoms with van der Waals surface area (Å²) >= 11 is 0. The smallest absolute Gasteiger partial charge is 0.188 e. The lowest BCUT2D eigenvalue weighted by molar-refractivity contribution is 0.332. The molecule has 53 heavy (non-hydrogen) atoms. The van der Waals surface area contributed by atoms with Crippen LogP contribution in [-0.4, -0.2) is 7.28 Å². The summed E-state index contributed by atoms with van der Waals surface area (Å²) < 4.78 is 0. The fourth-order valence-electron chi connectivity index (χ4n) is 8.99. The molecule has 1 N–H and O–H groups in total. The third-order valence-corrected chi connectivity index (χ3v) is 12.8. The van der Waals surface area contributed by atoms with Crippen LogP contribution in [0.15, 0.2) is 107 Å². The van der Waals surface area contributed by atoms with Gasteiger partial charge in [-0.05, 0) is 141 Å². The highest BCUT2D eigenvalue weighted by Gasteiger charge is 2.37. The van der Waals surface area contributed by atoms with Gasteiger partial charge < -0.3 is 5.32 Å². The average molecular weight is 706 g/mol. The Morgan fingerprint density at radius 1 is 0.925 bits per heavy atom. The zero-order valence-electron chi connectivity index (χ0n) is 35.6. The topological polar surface area (TPSA) is 12.0 Å². The Bertz CT molecular complexity index is 1970. The van der Waals surface area contributed by atoms with E-state index >= 15 is 0 Å². The molecule has 0 radical (unpaired) electrons. The lowest BCUT2D eigenvalue weighted by Gasteiger charge is -2.42. The maximum atomic E-state index is 3.96. The van der Waals surface area contributed by atoms with Crippen molar-refractivity contribution in [1.29, 1.82) is 0 Å². The summed E-state index contributed by atoms with van der Waals surface area (Å²) in [6, 6.07) is 21.2. The minimum absolute atomic E-state index is 0.126. The molecule has 1 unspecified atom stereocenters. The molecule has 5 rings (SSSR count). The highest BCUT2D eigenvalue weighted by atomic mass is 14.9. The average Bonchev–Trinajstić information content (AvgIpc) is 3.19. The van der Waals surface area contributed by atoms with Crippen molar-refractivity contribution >= 4 is 29.7 Å². The fourth-order valence-corrected chi connectivity index (χ4v) is 8.99. The van der Waals surface area contributed by atoms with Gasteiger partial charge in [0, 0.05) is 22.4 Å². The van der Waals surface area contributed by atoms with E-state index in [-0.39, 0.29) is 16.2 Å². The predicted octanol–water partition coefficient (Wildman–Crippen LogP) is 13.8. The summed E-state index contributed by atoms with van der Waals surface area (Å²) in [5, 5.41) is 3.96. The molecule has 0 aliphatic heterocycles. The van der Waals surface area contributed by atoms with E-state index in [0.717, 1.165) is 26.5 Å². The van der Waals surface area contributed by atoms with Crippen molar-refractivity contribution in [1.82, 2.24) is 0 Å². The standard InChI is InChI=1S/C51H68BN/c1-14-20-41(40-27-25-35(4)32-47(40)53-39-26-28-43-45(33-39)50(10,11)30-29-49(43,8)9)48(36(5)15-2)52-46-24-19-23-42(38(46)7)51(12,13)44-31-34(3)21-17-16-18-22-37(44)6/h14,18-20,22-28,31-33,36,52-53H,15-17,21,29-30H2,1-13H3/b20-14?,22-18?,34-31+,44-37+,48-41-. The van der Waals surface area contributed by atoms with E-state index in [9.17, 15) is 0 Å². The Labute approximate surface area is 325 Å². The van der Waals surface area contributed by atoms with Gasteiger partial charge in [-0.15, -0.1) is 0 Å². The number of allylic oxidation sites excluding steroid dienone is 10. The maximum absolute atomic E-state index is 3.96. The number of rotatable bonds is 10.